The molecule has 0 aliphatic carbocycles. The largest absolute Gasteiger partial charge is 0.378 e. The van der Waals surface area contributed by atoms with Crippen LogP contribution in [0.4, 0.5) is 0 Å². The Kier molecular flexibility index (Phi) is 5.40. The van der Waals surface area contributed by atoms with E-state index in [9.17, 15) is 0 Å². The van der Waals surface area contributed by atoms with Crippen LogP contribution in [0.1, 0.15) is 5.56 Å². The first-order chi connectivity index (χ1) is 13.6. The van der Waals surface area contributed by atoms with Crippen molar-refractivity contribution in [2.75, 3.05) is 26.3 Å². The van der Waals surface area contributed by atoms with Crippen molar-refractivity contribution in [1.82, 2.24) is 20.0 Å². The number of nitrogens with one attached hydrogen (secondary N) is 2. The van der Waals surface area contributed by atoms with Crippen molar-refractivity contribution in [1.29, 1.82) is 5.41 Å². The van der Waals surface area contributed by atoms with Gasteiger partial charge in [-0.1, -0.05) is 23.8 Å². The van der Waals surface area contributed by atoms with Crippen LogP contribution in [0.25, 0.3) is 11.3 Å². The second kappa shape index (κ2) is 8.12. The van der Waals surface area contributed by atoms with Crippen LogP contribution in [-0.4, -0.2) is 51.4 Å². The fraction of sp³-hybridized carbons (Fsp3) is 0.250. The Morgan fingerprint density at radius 1 is 1.29 bits per heavy atom. The van der Waals surface area contributed by atoms with Gasteiger partial charge in [-0.25, -0.2) is 9.67 Å². The second-order valence-corrected chi connectivity index (χ2v) is 7.47. The highest BCUT2D eigenvalue weighted by atomic mass is 79.9. The summed E-state index contributed by atoms with van der Waals surface area (Å²) in [7, 11) is 0. The highest BCUT2D eigenvalue weighted by Crippen LogP contribution is 2.19. The van der Waals surface area contributed by atoms with Gasteiger partial charge >= 0.3 is 0 Å². The van der Waals surface area contributed by atoms with Gasteiger partial charge in [0.1, 0.15) is 16.3 Å². The standard InChI is InChI=1S/C20H21BrN6O/c1-14-3-2-4-15(11-14)16-5-6-27(25-16)20-13-19(26-7-9-28-10-8-26)23-18(24-20)12-17(21)22/h2-6,11-13,22-23H,7-10H2,1H3/b18-12+,22-17?. The van der Waals surface area contributed by atoms with Crippen molar-refractivity contribution in [3.05, 3.63) is 65.9 Å². The van der Waals surface area contributed by atoms with Crippen molar-refractivity contribution in [3.63, 3.8) is 0 Å². The lowest BCUT2D eigenvalue weighted by Gasteiger charge is -2.33. The number of ether oxygens (including phenoxy) is 1. The van der Waals surface area contributed by atoms with E-state index in [1.807, 2.05) is 24.4 Å². The fourth-order valence-electron chi connectivity index (χ4n) is 3.16. The van der Waals surface area contributed by atoms with Gasteiger partial charge < -0.3 is 15.0 Å². The molecular weight excluding hydrogens is 420 g/mol. The molecule has 4 rings (SSSR count). The van der Waals surface area contributed by atoms with Crippen LogP contribution >= 0.6 is 15.9 Å². The smallest absolute Gasteiger partial charge is 0.159 e. The summed E-state index contributed by atoms with van der Waals surface area (Å²) in [5.41, 5.74) is 3.16. The molecule has 0 saturated carbocycles. The zero-order chi connectivity index (χ0) is 19.5. The number of nitrogens with zero attached hydrogens (tertiary/aromatic N) is 4. The van der Waals surface area contributed by atoms with Gasteiger partial charge in [0, 0.05) is 37.0 Å². The van der Waals surface area contributed by atoms with E-state index < -0.39 is 0 Å². The molecule has 0 amide bonds. The number of benzene rings is 1. The number of rotatable bonds is 3. The minimum Gasteiger partial charge on any atom is -0.378 e. The first-order valence-corrected chi connectivity index (χ1v) is 9.87. The molecule has 1 aromatic carbocycles. The van der Waals surface area contributed by atoms with E-state index >= 15 is 0 Å². The monoisotopic (exact) mass is 440 g/mol. The van der Waals surface area contributed by atoms with Crippen LogP contribution < -0.4 is 5.32 Å². The maximum Gasteiger partial charge on any atom is 0.159 e. The van der Waals surface area contributed by atoms with Gasteiger partial charge in [0.05, 0.1) is 18.9 Å². The molecule has 0 unspecified atom stereocenters. The highest BCUT2D eigenvalue weighted by Gasteiger charge is 2.20. The van der Waals surface area contributed by atoms with Gasteiger partial charge in [0.15, 0.2) is 5.84 Å². The quantitative estimate of drug-likeness (QED) is 0.718. The number of halogens is 1. The van der Waals surface area contributed by atoms with Crippen molar-refractivity contribution in [2.45, 2.75) is 6.92 Å². The SMILES string of the molecule is Cc1cccc(-c2ccn(C3=N/C(=C/C(=N)Br)NC(N4CCOCC4)=C3)n2)c1. The molecule has 1 fully saturated rings. The predicted molar refractivity (Wildman–Crippen MR) is 114 cm³/mol. The van der Waals surface area contributed by atoms with Crippen LogP contribution in [-0.2, 0) is 4.74 Å². The average Bonchev–Trinajstić information content (AvgIpc) is 3.18. The molecular formula is C20H21BrN6O. The number of aliphatic imine (C=N–C) groups is 1. The molecule has 0 spiro atoms. The summed E-state index contributed by atoms with van der Waals surface area (Å²) < 4.78 is 7.48. The lowest BCUT2D eigenvalue weighted by Crippen LogP contribution is -2.41. The molecule has 2 aliphatic heterocycles. The third-order valence-corrected chi connectivity index (χ3v) is 4.74. The van der Waals surface area contributed by atoms with E-state index in [2.05, 4.69) is 56.3 Å². The summed E-state index contributed by atoms with van der Waals surface area (Å²) in [4.78, 5) is 6.84. The molecule has 2 aromatic rings. The number of allylic oxidation sites excluding steroid dienone is 2. The highest BCUT2D eigenvalue weighted by molar-refractivity contribution is 9.18. The van der Waals surface area contributed by atoms with Gasteiger partial charge in [-0.05, 0) is 35.0 Å². The first kappa shape index (κ1) is 18.6. The molecule has 0 atom stereocenters. The van der Waals surface area contributed by atoms with E-state index in [0.717, 1.165) is 30.2 Å². The molecule has 7 nitrogen and oxygen atoms in total. The topological polar surface area (TPSA) is 78.5 Å². The van der Waals surface area contributed by atoms with Gasteiger partial charge in [0.2, 0.25) is 0 Å². The van der Waals surface area contributed by atoms with E-state index in [4.69, 9.17) is 15.2 Å². The van der Waals surface area contributed by atoms with Crippen molar-refractivity contribution >= 4 is 26.4 Å². The van der Waals surface area contributed by atoms with Gasteiger partial charge in [0.25, 0.3) is 0 Å². The van der Waals surface area contributed by atoms with E-state index in [1.165, 1.54) is 5.56 Å². The van der Waals surface area contributed by atoms with E-state index in [-0.39, 0.29) is 4.62 Å². The van der Waals surface area contributed by atoms with Gasteiger partial charge in [-0.2, -0.15) is 5.10 Å². The predicted octanol–water partition coefficient (Wildman–Crippen LogP) is 3.10. The molecule has 1 aromatic heterocycles. The Labute approximate surface area is 172 Å². The Morgan fingerprint density at radius 3 is 2.86 bits per heavy atom. The van der Waals surface area contributed by atoms with Crippen LogP contribution in [0, 0.1) is 12.3 Å². The minimum atomic E-state index is 0.252. The average molecular weight is 441 g/mol. The van der Waals surface area contributed by atoms with Gasteiger partial charge in [-0.15, -0.1) is 0 Å². The lowest BCUT2D eigenvalue weighted by molar-refractivity contribution is 0.0510. The molecule has 2 aliphatic rings. The molecule has 3 heterocycles. The molecule has 0 bridgehead atoms. The summed E-state index contributed by atoms with van der Waals surface area (Å²) in [6.07, 6.45) is 5.53. The molecule has 2 N–H and O–H groups in total. The minimum absolute atomic E-state index is 0.252. The fourth-order valence-corrected chi connectivity index (χ4v) is 3.38. The van der Waals surface area contributed by atoms with Gasteiger partial charge in [-0.3, -0.25) is 5.41 Å². The number of hydrogen-bond donors (Lipinski definition) is 2. The summed E-state index contributed by atoms with van der Waals surface area (Å²) in [6, 6.07) is 10.3. The third kappa shape index (κ3) is 4.23. The number of morpholine rings is 1. The van der Waals surface area contributed by atoms with Crippen molar-refractivity contribution < 1.29 is 4.74 Å². The molecule has 0 radical (unpaired) electrons. The van der Waals surface area contributed by atoms with E-state index in [0.29, 0.717) is 24.9 Å². The number of aryl methyl sites for hydroxylation is 1. The number of aromatic nitrogens is 2. The normalized spacial score (nSPS) is 18.5. The number of hydrogen-bond acceptors (Lipinski definition) is 6. The Bertz CT molecular complexity index is 984. The maximum absolute atomic E-state index is 7.70. The summed E-state index contributed by atoms with van der Waals surface area (Å²) in [6.45, 7) is 5.06. The van der Waals surface area contributed by atoms with Crippen LogP contribution in [0.15, 0.2) is 65.3 Å². The summed E-state index contributed by atoms with van der Waals surface area (Å²) in [5, 5.41) is 15.7. The van der Waals surface area contributed by atoms with Crippen molar-refractivity contribution in [2.24, 2.45) is 4.99 Å². The Hall–Kier alpha value is -2.71. The summed E-state index contributed by atoms with van der Waals surface area (Å²) >= 11 is 3.17. The van der Waals surface area contributed by atoms with E-state index in [1.54, 1.807) is 10.8 Å². The second-order valence-electron chi connectivity index (χ2n) is 6.62. The maximum atomic E-state index is 7.70. The van der Waals surface area contributed by atoms with Crippen LogP contribution in [0.2, 0.25) is 0 Å². The molecule has 28 heavy (non-hydrogen) atoms. The first-order valence-electron chi connectivity index (χ1n) is 9.07. The zero-order valence-corrected chi connectivity index (χ0v) is 17.1. The molecule has 8 heteroatoms. The van der Waals surface area contributed by atoms with Crippen LogP contribution in [0.5, 0.6) is 0 Å². The summed E-state index contributed by atoms with van der Waals surface area (Å²) in [5.74, 6) is 2.22. The van der Waals surface area contributed by atoms with Crippen molar-refractivity contribution in [3.8, 4) is 11.3 Å². The molecule has 144 valence electrons. The zero-order valence-electron chi connectivity index (χ0n) is 15.5. The van der Waals surface area contributed by atoms with Crippen LogP contribution in [0.3, 0.4) is 0 Å². The Morgan fingerprint density at radius 2 is 2.11 bits per heavy atom. The molecule has 1 saturated heterocycles. The lowest BCUT2D eigenvalue weighted by atomic mass is 10.1. The Balaban J connectivity index is 1.68. The third-order valence-electron chi connectivity index (χ3n) is 4.51.